The molecule has 0 fully saturated rings. The number of rotatable bonds is 2. The molecule has 0 amide bonds. The highest BCUT2D eigenvalue weighted by atomic mass is 19.1. The van der Waals surface area contributed by atoms with Crippen LogP contribution in [-0.4, -0.2) is 16.7 Å². The first-order chi connectivity index (χ1) is 7.33. The Kier molecular flexibility index (Phi) is 2.74. The van der Waals surface area contributed by atoms with Gasteiger partial charge in [0.25, 0.3) is 0 Å². The fourth-order valence-corrected chi connectivity index (χ4v) is 1.50. The Balaban J connectivity index is 2.66. The molecule has 15 heavy (non-hydrogen) atoms. The lowest BCUT2D eigenvalue weighted by atomic mass is 10.1. The number of pyridine rings is 1. The molecular formula is C12H10FNO. The molecule has 0 unspecified atom stereocenters. The van der Waals surface area contributed by atoms with E-state index in [0.717, 1.165) is 17.0 Å². The van der Waals surface area contributed by atoms with Crippen LogP contribution in [0.2, 0.25) is 0 Å². The van der Waals surface area contributed by atoms with Gasteiger partial charge < -0.3 is 5.11 Å². The van der Waals surface area contributed by atoms with Crippen molar-refractivity contribution in [3.63, 3.8) is 0 Å². The average Bonchev–Trinajstić information content (AvgIpc) is 2.28. The topological polar surface area (TPSA) is 33.1 Å². The molecule has 2 rings (SSSR count). The Morgan fingerprint density at radius 2 is 2.20 bits per heavy atom. The summed E-state index contributed by atoms with van der Waals surface area (Å²) < 4.78 is 13.5. The van der Waals surface area contributed by atoms with Crippen LogP contribution in [0, 0.1) is 0 Å². The molecular weight excluding hydrogens is 193 g/mol. The van der Waals surface area contributed by atoms with Crippen molar-refractivity contribution in [1.29, 1.82) is 0 Å². The number of fused-ring (bicyclic) bond motifs is 1. The molecule has 0 bridgehead atoms. The van der Waals surface area contributed by atoms with Gasteiger partial charge in [0, 0.05) is 17.1 Å². The first kappa shape index (κ1) is 9.80. The highest BCUT2D eigenvalue weighted by molar-refractivity contribution is 5.89. The fraction of sp³-hybridized carbons (Fsp3) is 0.0833. The van der Waals surface area contributed by atoms with Gasteiger partial charge in [-0.3, -0.25) is 4.98 Å². The van der Waals surface area contributed by atoms with Gasteiger partial charge in [-0.25, -0.2) is 4.39 Å². The van der Waals surface area contributed by atoms with E-state index in [9.17, 15) is 4.39 Å². The predicted octanol–water partition coefficient (Wildman–Crippen LogP) is 2.54. The molecule has 1 aromatic heterocycles. The average molecular weight is 203 g/mol. The van der Waals surface area contributed by atoms with Gasteiger partial charge in [0.1, 0.15) is 5.83 Å². The normalized spacial score (nSPS) is 12.0. The molecule has 0 saturated carbocycles. The molecule has 0 saturated heterocycles. The zero-order valence-electron chi connectivity index (χ0n) is 8.02. The van der Waals surface area contributed by atoms with Gasteiger partial charge in [-0.1, -0.05) is 18.2 Å². The van der Waals surface area contributed by atoms with Gasteiger partial charge in [-0.15, -0.1) is 0 Å². The third-order valence-electron chi connectivity index (χ3n) is 2.17. The highest BCUT2D eigenvalue weighted by Crippen LogP contribution is 2.24. The van der Waals surface area contributed by atoms with Crippen LogP contribution in [0.1, 0.15) is 5.56 Å². The van der Waals surface area contributed by atoms with E-state index in [1.54, 1.807) is 24.4 Å². The van der Waals surface area contributed by atoms with Crippen LogP contribution in [-0.2, 0) is 0 Å². The van der Waals surface area contributed by atoms with Gasteiger partial charge in [0.15, 0.2) is 0 Å². The summed E-state index contributed by atoms with van der Waals surface area (Å²) in [6, 6.07) is 8.81. The zero-order valence-corrected chi connectivity index (χ0v) is 8.02. The summed E-state index contributed by atoms with van der Waals surface area (Å²) in [7, 11) is 0. The maximum atomic E-state index is 13.5. The van der Waals surface area contributed by atoms with Gasteiger partial charge >= 0.3 is 0 Å². The van der Waals surface area contributed by atoms with E-state index in [0.29, 0.717) is 5.56 Å². The number of hydrogen-bond donors (Lipinski definition) is 1. The number of hydrogen-bond acceptors (Lipinski definition) is 2. The molecule has 76 valence electrons. The Labute approximate surface area is 86.7 Å². The Morgan fingerprint density at radius 1 is 1.33 bits per heavy atom. The summed E-state index contributed by atoms with van der Waals surface area (Å²) in [5.41, 5.74) is 1.21. The SMILES string of the molecule is OC/C=C(/F)c1cccc2ncccc12. The summed E-state index contributed by atoms with van der Waals surface area (Å²) in [5, 5.41) is 9.39. The summed E-state index contributed by atoms with van der Waals surface area (Å²) >= 11 is 0. The monoisotopic (exact) mass is 203 g/mol. The highest BCUT2D eigenvalue weighted by Gasteiger charge is 2.04. The lowest BCUT2D eigenvalue weighted by molar-refractivity contribution is 0.342. The molecule has 0 spiro atoms. The number of halogens is 1. The molecule has 0 aliphatic carbocycles. The Morgan fingerprint density at radius 3 is 3.00 bits per heavy atom. The summed E-state index contributed by atoms with van der Waals surface area (Å²) in [6.45, 7) is -0.303. The number of nitrogens with zero attached hydrogens (tertiary/aromatic N) is 1. The van der Waals surface area contributed by atoms with E-state index in [4.69, 9.17) is 5.11 Å². The minimum absolute atomic E-state index is 0.303. The van der Waals surface area contributed by atoms with Crippen molar-refractivity contribution < 1.29 is 9.50 Å². The van der Waals surface area contributed by atoms with Gasteiger partial charge in [-0.05, 0) is 18.2 Å². The van der Waals surface area contributed by atoms with Gasteiger partial charge in [-0.2, -0.15) is 0 Å². The zero-order chi connectivity index (χ0) is 10.7. The van der Waals surface area contributed by atoms with Crippen LogP contribution in [0.15, 0.2) is 42.6 Å². The molecule has 2 aromatic rings. The van der Waals surface area contributed by atoms with Crippen molar-refractivity contribution >= 4 is 16.7 Å². The summed E-state index contributed by atoms with van der Waals surface area (Å²) in [5.74, 6) is -0.420. The fourth-order valence-electron chi connectivity index (χ4n) is 1.50. The molecule has 0 radical (unpaired) electrons. The quantitative estimate of drug-likeness (QED) is 0.813. The van der Waals surface area contributed by atoms with Crippen molar-refractivity contribution in [2.45, 2.75) is 0 Å². The number of benzene rings is 1. The lowest BCUT2D eigenvalue weighted by Crippen LogP contribution is -1.85. The number of aromatic nitrogens is 1. The van der Waals surface area contributed by atoms with E-state index >= 15 is 0 Å². The van der Waals surface area contributed by atoms with E-state index < -0.39 is 5.83 Å². The molecule has 1 aromatic carbocycles. The number of aliphatic hydroxyl groups excluding tert-OH is 1. The molecule has 3 heteroatoms. The second kappa shape index (κ2) is 4.19. The van der Waals surface area contributed by atoms with E-state index in [-0.39, 0.29) is 6.61 Å². The first-order valence-electron chi connectivity index (χ1n) is 4.63. The Bertz CT molecular complexity index is 502. The molecule has 0 atom stereocenters. The van der Waals surface area contributed by atoms with E-state index in [2.05, 4.69) is 4.98 Å². The second-order valence-corrected chi connectivity index (χ2v) is 3.11. The summed E-state index contributed by atoms with van der Waals surface area (Å²) in [4.78, 5) is 4.13. The Hall–Kier alpha value is -1.74. The standard InChI is InChI=1S/C12H10FNO/c13-11(6-8-15)9-3-1-5-12-10(9)4-2-7-14-12/h1-7,15H,8H2/b11-6+. The minimum Gasteiger partial charge on any atom is -0.392 e. The lowest BCUT2D eigenvalue weighted by Gasteiger charge is -2.02. The number of aliphatic hydroxyl groups is 1. The predicted molar refractivity (Wildman–Crippen MR) is 57.9 cm³/mol. The molecule has 1 heterocycles. The van der Waals surface area contributed by atoms with Crippen LogP contribution >= 0.6 is 0 Å². The van der Waals surface area contributed by atoms with Crippen LogP contribution in [0.4, 0.5) is 4.39 Å². The van der Waals surface area contributed by atoms with Crippen molar-refractivity contribution in [3.8, 4) is 0 Å². The van der Waals surface area contributed by atoms with Crippen LogP contribution in [0.25, 0.3) is 16.7 Å². The van der Waals surface area contributed by atoms with Gasteiger partial charge in [0.05, 0.1) is 12.1 Å². The smallest absolute Gasteiger partial charge is 0.129 e. The van der Waals surface area contributed by atoms with Crippen molar-refractivity contribution in [1.82, 2.24) is 4.98 Å². The van der Waals surface area contributed by atoms with Crippen molar-refractivity contribution in [2.24, 2.45) is 0 Å². The first-order valence-corrected chi connectivity index (χ1v) is 4.63. The van der Waals surface area contributed by atoms with Gasteiger partial charge in [0.2, 0.25) is 0 Å². The summed E-state index contributed by atoms with van der Waals surface area (Å²) in [6.07, 6.45) is 2.81. The maximum Gasteiger partial charge on any atom is 0.129 e. The van der Waals surface area contributed by atoms with E-state index in [1.165, 1.54) is 0 Å². The second-order valence-electron chi connectivity index (χ2n) is 3.11. The molecule has 1 N–H and O–H groups in total. The molecule has 0 aliphatic rings. The third kappa shape index (κ3) is 1.87. The van der Waals surface area contributed by atoms with E-state index in [1.807, 2.05) is 12.1 Å². The van der Waals surface area contributed by atoms with Crippen LogP contribution < -0.4 is 0 Å². The van der Waals surface area contributed by atoms with Crippen molar-refractivity contribution in [3.05, 3.63) is 48.2 Å². The third-order valence-corrected chi connectivity index (χ3v) is 2.17. The maximum absolute atomic E-state index is 13.5. The largest absolute Gasteiger partial charge is 0.392 e. The minimum atomic E-state index is -0.420. The van der Waals surface area contributed by atoms with Crippen molar-refractivity contribution in [2.75, 3.05) is 6.61 Å². The molecule has 2 nitrogen and oxygen atoms in total. The van der Waals surface area contributed by atoms with Crippen LogP contribution in [0.3, 0.4) is 0 Å². The van der Waals surface area contributed by atoms with Crippen LogP contribution in [0.5, 0.6) is 0 Å². The molecule has 0 aliphatic heterocycles.